The molecule has 1 aromatic carbocycles. The highest BCUT2D eigenvalue weighted by molar-refractivity contribution is 7.11. The van der Waals surface area contributed by atoms with Crippen molar-refractivity contribution in [1.82, 2.24) is 19.4 Å². The predicted molar refractivity (Wildman–Crippen MR) is 126 cm³/mol. The van der Waals surface area contributed by atoms with Crippen LogP contribution in [0.1, 0.15) is 57.2 Å². The number of nitrogens with zero attached hydrogens (tertiary/aromatic N) is 5. The minimum atomic E-state index is -0.216. The third-order valence-corrected chi connectivity index (χ3v) is 7.70. The summed E-state index contributed by atoms with van der Waals surface area (Å²) in [7, 11) is 0. The smallest absolute Gasteiger partial charge is 0.261 e. The van der Waals surface area contributed by atoms with Gasteiger partial charge in [-0.2, -0.15) is 5.26 Å². The van der Waals surface area contributed by atoms with Gasteiger partial charge in [0.15, 0.2) is 6.61 Å². The molecule has 1 amide bonds. The number of rotatable bonds is 4. The monoisotopic (exact) mass is 481 g/mol. The summed E-state index contributed by atoms with van der Waals surface area (Å²) in [6.45, 7) is 5.39. The molecule has 7 nitrogen and oxygen atoms in total. The van der Waals surface area contributed by atoms with Gasteiger partial charge in [0, 0.05) is 25.9 Å². The number of hydrogen-bond acceptors (Lipinski definition) is 6. The highest BCUT2D eigenvalue weighted by Gasteiger charge is 2.39. The molecular weight excluding hydrogens is 458 g/mol. The normalized spacial score (nSPS) is 17.3. The minimum absolute atomic E-state index is 0.108. The van der Waals surface area contributed by atoms with Crippen molar-refractivity contribution in [2.75, 3.05) is 13.2 Å². The van der Waals surface area contributed by atoms with E-state index in [9.17, 15) is 4.79 Å². The van der Waals surface area contributed by atoms with Gasteiger partial charge in [-0.1, -0.05) is 11.6 Å². The van der Waals surface area contributed by atoms with E-state index in [1.54, 1.807) is 29.5 Å². The first-order valence-electron chi connectivity index (χ1n) is 11.1. The molecule has 2 aliphatic rings. The van der Waals surface area contributed by atoms with E-state index in [2.05, 4.69) is 9.55 Å². The maximum atomic E-state index is 13.5. The van der Waals surface area contributed by atoms with Crippen LogP contribution in [-0.2, 0) is 24.2 Å². The van der Waals surface area contributed by atoms with E-state index in [1.165, 1.54) is 0 Å². The first kappa shape index (κ1) is 21.9. The van der Waals surface area contributed by atoms with E-state index >= 15 is 0 Å². The number of aromatic nitrogens is 3. The Kier molecular flexibility index (Phi) is 5.85. The van der Waals surface area contributed by atoms with Gasteiger partial charge in [-0.3, -0.25) is 4.79 Å². The van der Waals surface area contributed by atoms with Crippen LogP contribution >= 0.6 is 22.9 Å². The Hall–Kier alpha value is -2.89. The van der Waals surface area contributed by atoms with Crippen LogP contribution < -0.4 is 4.74 Å². The number of benzene rings is 1. The fourth-order valence-electron chi connectivity index (χ4n) is 4.80. The average Bonchev–Trinajstić information content (AvgIpc) is 3.36. The third-order valence-electron chi connectivity index (χ3n) is 6.27. The summed E-state index contributed by atoms with van der Waals surface area (Å²) >= 11 is 7.88. The van der Waals surface area contributed by atoms with E-state index in [0.717, 1.165) is 65.0 Å². The molecule has 3 aromatic rings. The number of fused-ring (bicyclic) bond motifs is 3. The van der Waals surface area contributed by atoms with Gasteiger partial charge in [0.1, 0.15) is 17.6 Å². The molecular formula is C24H24ClN5O2S. The predicted octanol–water partition coefficient (Wildman–Crippen LogP) is 4.37. The number of carbonyl (C=O) groups is 1. The number of amides is 1. The molecule has 0 N–H and O–H groups in total. The Morgan fingerprint density at radius 2 is 2.12 bits per heavy atom. The van der Waals surface area contributed by atoms with Gasteiger partial charge in [0.2, 0.25) is 0 Å². The number of ether oxygens (including phenoxy) is 1. The highest BCUT2D eigenvalue weighted by Crippen LogP contribution is 2.41. The van der Waals surface area contributed by atoms with Crippen molar-refractivity contribution < 1.29 is 9.53 Å². The number of nitriles is 1. The second-order valence-corrected chi connectivity index (χ2v) is 10.1. The van der Waals surface area contributed by atoms with Gasteiger partial charge in [-0.05, 0) is 44.9 Å². The van der Waals surface area contributed by atoms with Crippen LogP contribution in [0.15, 0.2) is 18.2 Å². The van der Waals surface area contributed by atoms with E-state index in [-0.39, 0.29) is 18.6 Å². The molecule has 0 fully saturated rings. The Bertz CT molecular complexity index is 1270. The van der Waals surface area contributed by atoms with E-state index in [4.69, 9.17) is 26.6 Å². The quantitative estimate of drug-likeness (QED) is 0.552. The van der Waals surface area contributed by atoms with Gasteiger partial charge >= 0.3 is 0 Å². The van der Waals surface area contributed by atoms with Crippen LogP contribution in [0.2, 0.25) is 5.02 Å². The molecule has 2 aromatic heterocycles. The van der Waals surface area contributed by atoms with Crippen LogP contribution in [0.3, 0.4) is 0 Å². The first-order chi connectivity index (χ1) is 16.0. The molecule has 170 valence electrons. The number of aryl methyl sites for hydroxylation is 3. The second-order valence-electron chi connectivity index (χ2n) is 8.44. The van der Waals surface area contributed by atoms with Crippen molar-refractivity contribution in [3.05, 3.63) is 61.6 Å². The minimum Gasteiger partial charge on any atom is -0.482 e. The number of thiazole rings is 1. The number of imidazole rings is 1. The van der Waals surface area contributed by atoms with Gasteiger partial charge in [-0.25, -0.2) is 9.97 Å². The van der Waals surface area contributed by atoms with Crippen LogP contribution in [0.25, 0.3) is 0 Å². The van der Waals surface area contributed by atoms with Gasteiger partial charge in [0.05, 0.1) is 43.6 Å². The summed E-state index contributed by atoms with van der Waals surface area (Å²) in [6.07, 6.45) is 3.99. The van der Waals surface area contributed by atoms with Crippen molar-refractivity contribution in [2.45, 2.75) is 52.1 Å². The fraction of sp³-hybridized carbons (Fsp3) is 0.417. The Labute approximate surface area is 201 Å². The Morgan fingerprint density at radius 3 is 2.85 bits per heavy atom. The number of carbonyl (C=O) groups excluding carboxylic acids is 1. The molecule has 33 heavy (non-hydrogen) atoms. The topological polar surface area (TPSA) is 84.0 Å². The Morgan fingerprint density at radius 1 is 1.27 bits per heavy atom. The lowest BCUT2D eigenvalue weighted by Gasteiger charge is -2.36. The van der Waals surface area contributed by atoms with E-state index in [1.807, 2.05) is 24.8 Å². The summed E-state index contributed by atoms with van der Waals surface area (Å²) in [5.74, 6) is 1.41. The summed E-state index contributed by atoms with van der Waals surface area (Å²) in [6, 6.07) is 6.63. The van der Waals surface area contributed by atoms with Crippen LogP contribution in [0.4, 0.5) is 0 Å². The molecule has 4 heterocycles. The number of hydrogen-bond donors (Lipinski definition) is 0. The first-order valence-corrected chi connectivity index (χ1v) is 12.3. The average molecular weight is 482 g/mol. The lowest BCUT2D eigenvalue weighted by molar-refractivity contribution is -0.135. The van der Waals surface area contributed by atoms with Gasteiger partial charge in [-0.15, -0.1) is 11.3 Å². The third kappa shape index (κ3) is 4.00. The molecule has 2 aliphatic heterocycles. The molecule has 5 rings (SSSR count). The molecule has 0 aliphatic carbocycles. The molecule has 0 spiro atoms. The molecule has 9 heteroatoms. The maximum Gasteiger partial charge on any atom is 0.261 e. The molecule has 0 radical (unpaired) electrons. The molecule has 0 saturated carbocycles. The molecule has 0 saturated heterocycles. The zero-order valence-corrected chi connectivity index (χ0v) is 20.2. The maximum absolute atomic E-state index is 13.5. The number of halogens is 1. The SMILES string of the molecule is Cc1nc(C)c(C2c3c(nc4n3CCCC4)CCN2C(=O)COc2ccc(C#N)cc2Cl)s1. The second kappa shape index (κ2) is 8.81. The fourth-order valence-corrected chi connectivity index (χ4v) is 6.08. The summed E-state index contributed by atoms with van der Waals surface area (Å²) in [5.41, 5.74) is 3.63. The Balaban J connectivity index is 1.47. The summed E-state index contributed by atoms with van der Waals surface area (Å²) in [5, 5.41) is 10.3. The lowest BCUT2D eigenvalue weighted by Crippen LogP contribution is -2.43. The molecule has 1 atom stereocenters. The zero-order valence-electron chi connectivity index (χ0n) is 18.6. The largest absolute Gasteiger partial charge is 0.482 e. The molecule has 0 bridgehead atoms. The van der Waals surface area contributed by atoms with Gasteiger partial charge < -0.3 is 14.2 Å². The van der Waals surface area contributed by atoms with Crippen molar-refractivity contribution in [2.24, 2.45) is 0 Å². The van der Waals surface area contributed by atoms with Crippen LogP contribution in [0, 0.1) is 25.2 Å². The lowest BCUT2D eigenvalue weighted by atomic mass is 9.99. The van der Waals surface area contributed by atoms with Crippen molar-refractivity contribution in [3.63, 3.8) is 0 Å². The van der Waals surface area contributed by atoms with Crippen LogP contribution in [0.5, 0.6) is 5.75 Å². The van der Waals surface area contributed by atoms with Crippen molar-refractivity contribution in [3.8, 4) is 11.8 Å². The van der Waals surface area contributed by atoms with E-state index < -0.39 is 0 Å². The zero-order chi connectivity index (χ0) is 23.1. The summed E-state index contributed by atoms with van der Waals surface area (Å²) < 4.78 is 8.11. The highest BCUT2D eigenvalue weighted by atomic mass is 35.5. The van der Waals surface area contributed by atoms with Crippen molar-refractivity contribution >= 4 is 28.8 Å². The van der Waals surface area contributed by atoms with Crippen molar-refractivity contribution in [1.29, 1.82) is 5.26 Å². The van der Waals surface area contributed by atoms with Gasteiger partial charge in [0.25, 0.3) is 5.91 Å². The summed E-state index contributed by atoms with van der Waals surface area (Å²) in [4.78, 5) is 26.1. The standard InChI is InChI=1S/C24H24ClN5O2S/c1-14-24(33-15(2)27-14)23-22-18(28-20-5-3-4-9-29(20)22)8-10-30(23)21(31)13-32-19-7-6-16(12-26)11-17(19)25/h6-7,11,23H,3-5,8-10,13H2,1-2H3. The van der Waals surface area contributed by atoms with Crippen LogP contribution in [-0.4, -0.2) is 38.5 Å². The molecule has 1 unspecified atom stereocenters. The van der Waals surface area contributed by atoms with E-state index in [0.29, 0.717) is 22.9 Å².